The summed E-state index contributed by atoms with van der Waals surface area (Å²) in [5, 5.41) is 10.9. The lowest BCUT2D eigenvalue weighted by Crippen LogP contribution is -2.56. The Hall–Kier alpha value is -0.620. The summed E-state index contributed by atoms with van der Waals surface area (Å²) in [6.07, 6.45) is 3.10. The summed E-state index contributed by atoms with van der Waals surface area (Å²) in [6, 6.07) is 4.75. The van der Waals surface area contributed by atoms with Gasteiger partial charge >= 0.3 is 0 Å². The fraction of sp³-hybridized carbons (Fsp3) is 0.571. The van der Waals surface area contributed by atoms with E-state index in [4.69, 9.17) is 4.74 Å². The normalized spacial score (nSPS) is 24.0. The Morgan fingerprint density at radius 1 is 1.40 bits per heavy atom. The highest BCUT2D eigenvalue weighted by molar-refractivity contribution is 9.10. The van der Waals surface area contributed by atoms with Gasteiger partial charge in [0.2, 0.25) is 0 Å². The first-order valence-corrected chi connectivity index (χ1v) is 8.39. The Morgan fingerprint density at radius 3 is 2.55 bits per heavy atom. The molecule has 0 aromatic heterocycles. The average Bonchev–Trinajstić information content (AvgIpc) is 2.39. The van der Waals surface area contributed by atoms with Gasteiger partial charge in [-0.2, -0.15) is 0 Å². The predicted octanol–water partition coefficient (Wildman–Crippen LogP) is 5.08. The number of alkyl halides is 1. The molecular weight excluding hydrogens is 390 g/mol. The molecule has 1 aliphatic carbocycles. The molecule has 2 unspecified atom stereocenters. The third kappa shape index (κ3) is 2.72. The largest absolute Gasteiger partial charge is 0.489 e. The van der Waals surface area contributed by atoms with E-state index in [0.717, 1.165) is 19.3 Å². The van der Waals surface area contributed by atoms with Crippen LogP contribution in [0.4, 0.5) is 5.69 Å². The van der Waals surface area contributed by atoms with Crippen LogP contribution in [0.5, 0.6) is 5.75 Å². The van der Waals surface area contributed by atoms with Gasteiger partial charge in [0, 0.05) is 20.8 Å². The SMILES string of the molecule is CCC1(CC)C(Br)CC1Oc1cc(Br)cc([N+](=O)[O-])c1. The van der Waals surface area contributed by atoms with Gasteiger partial charge in [-0.1, -0.05) is 45.7 Å². The number of nitro benzene ring substituents is 1. The van der Waals surface area contributed by atoms with E-state index in [1.54, 1.807) is 6.07 Å². The highest BCUT2D eigenvalue weighted by Gasteiger charge is 2.53. The van der Waals surface area contributed by atoms with Crippen LogP contribution in [0, 0.1) is 15.5 Å². The lowest BCUT2D eigenvalue weighted by atomic mass is 9.62. The number of nitrogens with zero attached hydrogens (tertiary/aromatic N) is 1. The van der Waals surface area contributed by atoms with Crippen LogP contribution in [0.2, 0.25) is 0 Å². The van der Waals surface area contributed by atoms with Crippen LogP contribution < -0.4 is 4.74 Å². The van der Waals surface area contributed by atoms with Crippen LogP contribution in [0.25, 0.3) is 0 Å². The number of hydrogen-bond donors (Lipinski definition) is 0. The van der Waals surface area contributed by atoms with E-state index >= 15 is 0 Å². The molecule has 0 spiro atoms. The Bertz CT molecular complexity index is 517. The maximum atomic E-state index is 10.9. The summed E-state index contributed by atoms with van der Waals surface area (Å²) in [7, 11) is 0. The molecule has 1 aromatic carbocycles. The summed E-state index contributed by atoms with van der Waals surface area (Å²) in [6.45, 7) is 4.33. The van der Waals surface area contributed by atoms with Crippen molar-refractivity contribution in [1.82, 2.24) is 0 Å². The molecular formula is C14H17Br2NO3. The summed E-state index contributed by atoms with van der Waals surface area (Å²) in [5.41, 5.74) is 0.166. The monoisotopic (exact) mass is 405 g/mol. The van der Waals surface area contributed by atoms with E-state index in [9.17, 15) is 10.1 Å². The minimum absolute atomic E-state index is 0.0442. The molecule has 0 heterocycles. The van der Waals surface area contributed by atoms with Crippen LogP contribution >= 0.6 is 31.9 Å². The Morgan fingerprint density at radius 2 is 2.05 bits per heavy atom. The lowest BCUT2D eigenvalue weighted by Gasteiger charge is -2.52. The van der Waals surface area contributed by atoms with Gasteiger partial charge in [-0.15, -0.1) is 0 Å². The van der Waals surface area contributed by atoms with Gasteiger partial charge in [-0.05, 0) is 25.3 Å². The lowest BCUT2D eigenvalue weighted by molar-refractivity contribution is -0.385. The van der Waals surface area contributed by atoms with E-state index < -0.39 is 4.92 Å². The van der Waals surface area contributed by atoms with Gasteiger partial charge in [0.25, 0.3) is 5.69 Å². The van der Waals surface area contributed by atoms with Crippen molar-refractivity contribution in [1.29, 1.82) is 0 Å². The Labute approximate surface area is 135 Å². The molecule has 1 aromatic rings. The van der Waals surface area contributed by atoms with Crippen molar-refractivity contribution < 1.29 is 9.66 Å². The third-order valence-corrected chi connectivity index (χ3v) is 6.09. The van der Waals surface area contributed by atoms with Crippen LogP contribution in [-0.4, -0.2) is 15.9 Å². The average molecular weight is 407 g/mol. The van der Waals surface area contributed by atoms with Crippen molar-refractivity contribution in [2.75, 3.05) is 0 Å². The second-order valence-electron chi connectivity index (χ2n) is 5.15. The first kappa shape index (κ1) is 15.8. The smallest absolute Gasteiger partial charge is 0.274 e. The van der Waals surface area contributed by atoms with Gasteiger partial charge in [-0.3, -0.25) is 10.1 Å². The number of nitro groups is 1. The molecule has 0 bridgehead atoms. The molecule has 1 aliphatic rings. The Balaban J connectivity index is 2.21. The minimum Gasteiger partial charge on any atom is -0.489 e. The summed E-state index contributed by atoms with van der Waals surface area (Å²) in [4.78, 5) is 10.9. The van der Waals surface area contributed by atoms with Gasteiger partial charge < -0.3 is 4.74 Å². The molecule has 1 saturated carbocycles. The Kier molecular flexibility index (Phi) is 4.74. The zero-order valence-corrected chi connectivity index (χ0v) is 14.6. The van der Waals surface area contributed by atoms with Crippen molar-refractivity contribution in [3.05, 3.63) is 32.8 Å². The molecule has 2 rings (SSSR count). The van der Waals surface area contributed by atoms with Gasteiger partial charge in [0.05, 0.1) is 11.0 Å². The van der Waals surface area contributed by atoms with E-state index in [-0.39, 0.29) is 17.2 Å². The highest BCUT2D eigenvalue weighted by Crippen LogP contribution is 2.52. The molecule has 0 amide bonds. The summed E-state index contributed by atoms with van der Waals surface area (Å²) in [5.74, 6) is 0.557. The second-order valence-corrected chi connectivity index (χ2v) is 7.17. The summed E-state index contributed by atoms with van der Waals surface area (Å²) < 4.78 is 6.69. The maximum Gasteiger partial charge on any atom is 0.274 e. The van der Waals surface area contributed by atoms with Gasteiger partial charge in [-0.25, -0.2) is 0 Å². The number of benzene rings is 1. The second kappa shape index (κ2) is 6.02. The first-order chi connectivity index (χ1) is 9.42. The van der Waals surface area contributed by atoms with Gasteiger partial charge in [0.1, 0.15) is 11.9 Å². The van der Waals surface area contributed by atoms with Crippen molar-refractivity contribution >= 4 is 37.5 Å². The van der Waals surface area contributed by atoms with Crippen molar-refractivity contribution in [2.45, 2.75) is 44.0 Å². The number of ether oxygens (including phenoxy) is 1. The third-order valence-electron chi connectivity index (χ3n) is 4.35. The quantitative estimate of drug-likeness (QED) is 0.389. The van der Waals surface area contributed by atoms with Crippen molar-refractivity contribution in [3.8, 4) is 5.75 Å². The van der Waals surface area contributed by atoms with Crippen molar-refractivity contribution in [2.24, 2.45) is 5.41 Å². The molecule has 0 radical (unpaired) electrons. The minimum atomic E-state index is -0.404. The topological polar surface area (TPSA) is 52.4 Å². The summed E-state index contributed by atoms with van der Waals surface area (Å²) >= 11 is 7.00. The van der Waals surface area contributed by atoms with Crippen LogP contribution in [0.3, 0.4) is 0 Å². The predicted molar refractivity (Wildman–Crippen MR) is 85.6 cm³/mol. The van der Waals surface area contributed by atoms with E-state index in [2.05, 4.69) is 45.7 Å². The van der Waals surface area contributed by atoms with Crippen LogP contribution in [0.15, 0.2) is 22.7 Å². The zero-order chi connectivity index (χ0) is 14.9. The van der Waals surface area contributed by atoms with E-state index in [1.807, 2.05) is 0 Å². The fourth-order valence-corrected chi connectivity index (χ4v) is 4.64. The molecule has 0 N–H and O–H groups in total. The molecule has 20 heavy (non-hydrogen) atoms. The molecule has 1 fully saturated rings. The number of halogens is 2. The fourth-order valence-electron chi connectivity index (χ4n) is 2.90. The van der Waals surface area contributed by atoms with E-state index in [1.165, 1.54) is 12.1 Å². The molecule has 110 valence electrons. The molecule has 0 saturated heterocycles. The van der Waals surface area contributed by atoms with Crippen LogP contribution in [0.1, 0.15) is 33.1 Å². The van der Waals surface area contributed by atoms with Gasteiger partial charge in [0.15, 0.2) is 0 Å². The zero-order valence-electron chi connectivity index (χ0n) is 11.4. The standard InChI is InChI=1S/C14H17Br2NO3/c1-3-14(4-2)12(16)8-13(14)20-11-6-9(15)5-10(7-11)17(18)19/h5-7,12-13H,3-4,8H2,1-2H3. The first-order valence-electron chi connectivity index (χ1n) is 6.68. The molecule has 2 atom stereocenters. The molecule has 4 nitrogen and oxygen atoms in total. The molecule has 6 heteroatoms. The number of hydrogen-bond acceptors (Lipinski definition) is 3. The maximum absolute atomic E-state index is 10.9. The number of non-ortho nitro benzene ring substituents is 1. The van der Waals surface area contributed by atoms with Crippen molar-refractivity contribution in [3.63, 3.8) is 0 Å². The number of rotatable bonds is 5. The van der Waals surface area contributed by atoms with Crippen LogP contribution in [-0.2, 0) is 0 Å². The van der Waals surface area contributed by atoms with E-state index in [0.29, 0.717) is 15.0 Å². The highest BCUT2D eigenvalue weighted by atomic mass is 79.9. The molecule has 0 aliphatic heterocycles.